The van der Waals surface area contributed by atoms with E-state index in [2.05, 4.69) is 38.0 Å². The molecule has 0 atom stereocenters. The summed E-state index contributed by atoms with van der Waals surface area (Å²) >= 11 is 3.69. The molecule has 0 unspecified atom stereocenters. The molecule has 20 heavy (non-hydrogen) atoms. The van der Waals surface area contributed by atoms with Crippen LogP contribution < -0.4 is 11.1 Å². The summed E-state index contributed by atoms with van der Waals surface area (Å²) in [5.41, 5.74) is 5.68. The molecule has 2 heterocycles. The van der Waals surface area contributed by atoms with Crippen molar-refractivity contribution in [1.82, 2.24) is 10.2 Å². The summed E-state index contributed by atoms with van der Waals surface area (Å²) in [5.74, 6) is -0.107. The monoisotopic (exact) mass is 408 g/mol. The first-order valence-corrected chi connectivity index (χ1v) is 8.16. The van der Waals surface area contributed by atoms with Gasteiger partial charge in [-0.15, -0.1) is 11.3 Å². The highest BCUT2D eigenvalue weighted by molar-refractivity contribution is 14.1. The van der Waals surface area contributed by atoms with Gasteiger partial charge in [-0.05, 0) is 48.5 Å². The van der Waals surface area contributed by atoms with Gasteiger partial charge in [-0.3, -0.25) is 4.79 Å². The number of halogens is 1. The highest BCUT2D eigenvalue weighted by atomic mass is 127. The van der Waals surface area contributed by atoms with Gasteiger partial charge in [-0.1, -0.05) is 5.16 Å². The molecule has 0 radical (unpaired) electrons. The topological polar surface area (TPSA) is 91.0 Å². The molecule has 8 heteroatoms. The number of piperidine rings is 1. The van der Waals surface area contributed by atoms with Gasteiger partial charge in [0.1, 0.15) is 5.54 Å². The second-order valence-electron chi connectivity index (χ2n) is 4.96. The van der Waals surface area contributed by atoms with Crippen LogP contribution in [-0.2, 0) is 0 Å². The molecule has 1 saturated heterocycles. The molecule has 2 rings (SSSR count). The minimum atomic E-state index is -0.758. The maximum atomic E-state index is 12.3. The number of nitrogens with one attached hydrogen (secondary N) is 1. The Morgan fingerprint density at radius 1 is 1.60 bits per heavy atom. The van der Waals surface area contributed by atoms with E-state index in [0.29, 0.717) is 18.4 Å². The predicted octanol–water partition coefficient (Wildman–Crippen LogP) is 1.29. The second kappa shape index (κ2) is 6.27. The van der Waals surface area contributed by atoms with Gasteiger partial charge < -0.3 is 21.2 Å². The number of hydrogen-bond acceptors (Lipinski definition) is 5. The van der Waals surface area contributed by atoms with Crippen molar-refractivity contribution in [1.29, 1.82) is 0 Å². The fourth-order valence-corrected chi connectivity index (χ4v) is 3.59. The first-order chi connectivity index (χ1) is 9.47. The van der Waals surface area contributed by atoms with Crippen molar-refractivity contribution < 1.29 is 10.0 Å². The fourth-order valence-electron chi connectivity index (χ4n) is 2.26. The van der Waals surface area contributed by atoms with Gasteiger partial charge >= 0.3 is 0 Å². The number of amides is 1. The van der Waals surface area contributed by atoms with E-state index in [-0.39, 0.29) is 11.7 Å². The van der Waals surface area contributed by atoms with Crippen LogP contribution in [0, 0.1) is 2.88 Å². The lowest BCUT2D eigenvalue weighted by molar-refractivity contribution is 0.0887. The van der Waals surface area contributed by atoms with E-state index in [1.165, 1.54) is 11.3 Å². The lowest BCUT2D eigenvalue weighted by atomic mass is 9.86. The molecule has 0 spiro atoms. The van der Waals surface area contributed by atoms with Crippen LogP contribution in [0.4, 0.5) is 0 Å². The van der Waals surface area contributed by atoms with Crippen molar-refractivity contribution in [3.8, 4) is 0 Å². The van der Waals surface area contributed by atoms with Crippen LogP contribution in [0.15, 0.2) is 16.6 Å². The summed E-state index contributed by atoms with van der Waals surface area (Å²) < 4.78 is 1.05. The number of carbonyl (C=O) groups is 1. The summed E-state index contributed by atoms with van der Waals surface area (Å²) in [6.07, 6.45) is 1.26. The Bertz CT molecular complexity index is 523. The second-order valence-corrected chi connectivity index (χ2v) is 7.77. The van der Waals surface area contributed by atoms with Crippen LogP contribution in [-0.4, -0.2) is 47.5 Å². The fraction of sp³-hybridized carbons (Fsp3) is 0.500. The lowest BCUT2D eigenvalue weighted by Crippen LogP contribution is -2.62. The smallest absolute Gasteiger partial charge is 0.252 e. The first kappa shape index (κ1) is 15.5. The summed E-state index contributed by atoms with van der Waals surface area (Å²) in [5, 5.41) is 16.9. The third kappa shape index (κ3) is 3.23. The summed E-state index contributed by atoms with van der Waals surface area (Å²) in [7, 11) is 2.01. The van der Waals surface area contributed by atoms with E-state index in [0.717, 1.165) is 16.0 Å². The highest BCUT2D eigenvalue weighted by Gasteiger charge is 2.39. The van der Waals surface area contributed by atoms with Gasteiger partial charge in [0.05, 0.1) is 8.45 Å². The van der Waals surface area contributed by atoms with Gasteiger partial charge in [0.15, 0.2) is 5.84 Å². The summed E-state index contributed by atoms with van der Waals surface area (Å²) in [6.45, 7) is 1.58. The molecular formula is C12H17IN4O2S. The van der Waals surface area contributed by atoms with E-state index >= 15 is 0 Å². The number of amidine groups is 1. The van der Waals surface area contributed by atoms with Gasteiger partial charge in [0, 0.05) is 18.5 Å². The Balaban J connectivity index is 2.18. The molecule has 1 amide bonds. The molecule has 0 bridgehead atoms. The molecule has 110 valence electrons. The maximum absolute atomic E-state index is 12.3. The van der Waals surface area contributed by atoms with Crippen LogP contribution in [0.5, 0.6) is 0 Å². The molecule has 1 aromatic heterocycles. The van der Waals surface area contributed by atoms with Crippen LogP contribution in [0.3, 0.4) is 0 Å². The molecule has 1 fully saturated rings. The number of oxime groups is 1. The Labute approximate surface area is 135 Å². The lowest BCUT2D eigenvalue weighted by Gasteiger charge is -2.40. The zero-order chi connectivity index (χ0) is 14.8. The number of nitrogens with zero attached hydrogens (tertiary/aromatic N) is 2. The van der Waals surface area contributed by atoms with Crippen molar-refractivity contribution in [3.63, 3.8) is 0 Å². The minimum Gasteiger partial charge on any atom is -0.409 e. The number of thiophene rings is 1. The Hall–Kier alpha value is -0.870. The van der Waals surface area contributed by atoms with Crippen molar-refractivity contribution in [2.45, 2.75) is 18.4 Å². The third-order valence-electron chi connectivity index (χ3n) is 3.62. The van der Waals surface area contributed by atoms with Gasteiger partial charge in [-0.25, -0.2) is 0 Å². The van der Waals surface area contributed by atoms with Crippen LogP contribution >= 0.6 is 33.9 Å². The number of nitrogens with two attached hydrogens (primary N) is 1. The molecule has 0 saturated carbocycles. The van der Waals surface area contributed by atoms with Gasteiger partial charge in [-0.2, -0.15) is 0 Å². The molecular weight excluding hydrogens is 391 g/mol. The highest BCUT2D eigenvalue weighted by Crippen LogP contribution is 2.24. The summed E-state index contributed by atoms with van der Waals surface area (Å²) in [4.78, 5) is 14.5. The van der Waals surface area contributed by atoms with Crippen molar-refractivity contribution in [2.24, 2.45) is 10.9 Å². The van der Waals surface area contributed by atoms with Crippen LogP contribution in [0.1, 0.15) is 23.2 Å². The molecule has 4 N–H and O–H groups in total. The zero-order valence-electron chi connectivity index (χ0n) is 11.1. The normalized spacial score (nSPS) is 19.8. The molecule has 0 aliphatic carbocycles. The molecule has 0 aromatic carbocycles. The van der Waals surface area contributed by atoms with Gasteiger partial charge in [0.2, 0.25) is 0 Å². The van der Waals surface area contributed by atoms with Crippen LogP contribution in [0.2, 0.25) is 0 Å². The Kier molecular flexibility index (Phi) is 4.86. The Morgan fingerprint density at radius 3 is 2.75 bits per heavy atom. The largest absolute Gasteiger partial charge is 0.409 e. The third-order valence-corrected chi connectivity index (χ3v) is 5.41. The quantitative estimate of drug-likeness (QED) is 0.231. The van der Waals surface area contributed by atoms with E-state index in [9.17, 15) is 4.79 Å². The number of likely N-dealkylation sites (tertiary alicyclic amines) is 1. The standard InChI is InChI=1S/C12H17IN4O2S/c1-17-4-2-12(3-5-17,11(14)16-19)15-10(18)8-6-9(13)20-7-8/h6-7,19H,2-5H2,1H3,(H2,14,16)(H,15,18). The van der Waals surface area contributed by atoms with E-state index in [1.54, 1.807) is 0 Å². The van der Waals surface area contributed by atoms with E-state index < -0.39 is 5.54 Å². The molecule has 1 aliphatic rings. The average Bonchev–Trinajstić information content (AvgIpc) is 2.87. The van der Waals surface area contributed by atoms with E-state index in [1.807, 2.05) is 18.5 Å². The number of hydrogen-bond donors (Lipinski definition) is 3. The maximum Gasteiger partial charge on any atom is 0.252 e. The van der Waals surface area contributed by atoms with Crippen molar-refractivity contribution in [2.75, 3.05) is 20.1 Å². The average molecular weight is 408 g/mol. The minimum absolute atomic E-state index is 0.0730. The zero-order valence-corrected chi connectivity index (χ0v) is 14.1. The number of carbonyl (C=O) groups excluding carboxylic acids is 1. The Morgan fingerprint density at radius 2 is 2.25 bits per heavy atom. The molecule has 1 aromatic rings. The first-order valence-electron chi connectivity index (χ1n) is 6.20. The van der Waals surface area contributed by atoms with E-state index in [4.69, 9.17) is 10.9 Å². The van der Waals surface area contributed by atoms with Crippen LogP contribution in [0.25, 0.3) is 0 Å². The molecule has 6 nitrogen and oxygen atoms in total. The van der Waals surface area contributed by atoms with Gasteiger partial charge in [0.25, 0.3) is 5.91 Å². The number of rotatable bonds is 3. The predicted molar refractivity (Wildman–Crippen MR) is 87.4 cm³/mol. The summed E-state index contributed by atoms with van der Waals surface area (Å²) in [6, 6.07) is 1.83. The molecule has 1 aliphatic heterocycles. The van der Waals surface area contributed by atoms with Crippen molar-refractivity contribution in [3.05, 3.63) is 19.9 Å². The van der Waals surface area contributed by atoms with Crippen molar-refractivity contribution >= 4 is 45.7 Å². The SMILES string of the molecule is CN1CCC(NC(=O)c2csc(I)c2)(C(N)=NO)CC1.